The second-order valence-corrected chi connectivity index (χ2v) is 10.2. The number of aromatic nitrogens is 3. The van der Waals surface area contributed by atoms with E-state index in [2.05, 4.69) is 10.2 Å². The third kappa shape index (κ3) is 4.94. The summed E-state index contributed by atoms with van der Waals surface area (Å²) in [6.45, 7) is 4.02. The molecule has 1 fully saturated rings. The highest BCUT2D eigenvalue weighted by Gasteiger charge is 2.29. The molecule has 0 bridgehead atoms. The molecule has 0 spiro atoms. The van der Waals surface area contributed by atoms with Crippen molar-refractivity contribution in [2.75, 3.05) is 18.1 Å². The van der Waals surface area contributed by atoms with Crippen molar-refractivity contribution in [3.63, 3.8) is 0 Å². The van der Waals surface area contributed by atoms with Gasteiger partial charge in [0.25, 0.3) is 0 Å². The molecule has 2 heterocycles. The van der Waals surface area contributed by atoms with Gasteiger partial charge in [-0.25, -0.2) is 8.42 Å². The van der Waals surface area contributed by atoms with Crippen molar-refractivity contribution in [2.45, 2.75) is 37.6 Å². The van der Waals surface area contributed by atoms with Gasteiger partial charge in [0.15, 0.2) is 20.8 Å². The van der Waals surface area contributed by atoms with Gasteiger partial charge in [0, 0.05) is 30.3 Å². The molecular formula is C19H25N3O4S2. The van der Waals surface area contributed by atoms with E-state index in [1.165, 1.54) is 11.8 Å². The number of hydrogen-bond donors (Lipinski definition) is 0. The zero-order valence-corrected chi connectivity index (χ0v) is 18.0. The van der Waals surface area contributed by atoms with E-state index in [0.29, 0.717) is 30.8 Å². The van der Waals surface area contributed by atoms with E-state index in [9.17, 15) is 13.2 Å². The van der Waals surface area contributed by atoms with Crippen molar-refractivity contribution >= 4 is 27.4 Å². The number of sulfone groups is 1. The van der Waals surface area contributed by atoms with Crippen LogP contribution in [0.1, 0.15) is 42.0 Å². The standard InChI is InChI=1S/C19H25N3O4S2/c1-4-26-17-6-5-15(13(2)23)10-16(17)11-27-19-21-20-18(22(19)3)9-14-7-8-28(24,25)12-14/h5-6,10,14H,4,7-9,11-12H2,1-3H3/t14-/m1/s1. The molecule has 1 saturated heterocycles. The fourth-order valence-electron chi connectivity index (χ4n) is 3.29. The Balaban J connectivity index is 1.70. The molecule has 0 aliphatic carbocycles. The molecule has 1 atom stereocenters. The highest BCUT2D eigenvalue weighted by Crippen LogP contribution is 2.29. The van der Waals surface area contributed by atoms with Gasteiger partial charge in [0.1, 0.15) is 11.6 Å². The predicted octanol–water partition coefficient (Wildman–Crippen LogP) is 2.69. The summed E-state index contributed by atoms with van der Waals surface area (Å²) < 4.78 is 30.9. The minimum absolute atomic E-state index is 0.0155. The van der Waals surface area contributed by atoms with Gasteiger partial charge in [-0.1, -0.05) is 11.8 Å². The Morgan fingerprint density at radius 1 is 1.36 bits per heavy atom. The van der Waals surface area contributed by atoms with Gasteiger partial charge in [-0.2, -0.15) is 0 Å². The quantitative estimate of drug-likeness (QED) is 0.476. The van der Waals surface area contributed by atoms with E-state index in [1.807, 2.05) is 30.7 Å². The van der Waals surface area contributed by atoms with Gasteiger partial charge in [-0.15, -0.1) is 10.2 Å². The average molecular weight is 424 g/mol. The van der Waals surface area contributed by atoms with Crippen LogP contribution in [0.4, 0.5) is 0 Å². The molecule has 9 heteroatoms. The Hall–Kier alpha value is -1.87. The molecule has 2 aromatic rings. The average Bonchev–Trinajstić information content (AvgIpc) is 3.16. The highest BCUT2D eigenvalue weighted by atomic mass is 32.2. The molecule has 1 aliphatic rings. The van der Waals surface area contributed by atoms with Crippen LogP contribution in [-0.4, -0.2) is 47.1 Å². The largest absolute Gasteiger partial charge is 0.494 e. The molecule has 7 nitrogen and oxygen atoms in total. The van der Waals surface area contributed by atoms with E-state index < -0.39 is 9.84 Å². The number of benzene rings is 1. The minimum Gasteiger partial charge on any atom is -0.494 e. The van der Waals surface area contributed by atoms with Crippen LogP contribution >= 0.6 is 11.8 Å². The van der Waals surface area contributed by atoms with Gasteiger partial charge < -0.3 is 9.30 Å². The van der Waals surface area contributed by atoms with Crippen LogP contribution in [0.2, 0.25) is 0 Å². The SMILES string of the molecule is CCOc1ccc(C(C)=O)cc1CSc1nnc(C[C@H]2CCS(=O)(=O)C2)n1C. The predicted molar refractivity (Wildman–Crippen MR) is 109 cm³/mol. The number of hydrogen-bond acceptors (Lipinski definition) is 7. The molecule has 28 heavy (non-hydrogen) atoms. The van der Waals surface area contributed by atoms with Crippen LogP contribution in [0, 0.1) is 5.92 Å². The lowest BCUT2D eigenvalue weighted by Gasteiger charge is -2.11. The first-order valence-electron chi connectivity index (χ1n) is 9.27. The number of carbonyl (C=O) groups excluding carboxylic acids is 1. The second kappa shape index (κ2) is 8.65. The third-order valence-corrected chi connectivity index (χ3v) is 7.75. The van der Waals surface area contributed by atoms with Gasteiger partial charge in [0.2, 0.25) is 0 Å². The molecule has 0 amide bonds. The fraction of sp³-hybridized carbons (Fsp3) is 0.526. The number of Topliss-reactive ketones (excluding diaryl/α,β-unsaturated/α-hetero) is 1. The summed E-state index contributed by atoms with van der Waals surface area (Å²) in [6, 6.07) is 5.47. The highest BCUT2D eigenvalue weighted by molar-refractivity contribution is 7.98. The zero-order chi connectivity index (χ0) is 20.3. The second-order valence-electron chi connectivity index (χ2n) is 7.03. The molecule has 1 aromatic heterocycles. The van der Waals surface area contributed by atoms with Gasteiger partial charge in [-0.05, 0) is 44.4 Å². The first-order chi connectivity index (χ1) is 13.3. The maximum Gasteiger partial charge on any atom is 0.191 e. The molecule has 0 N–H and O–H groups in total. The van der Waals surface area contributed by atoms with Gasteiger partial charge in [0.05, 0.1) is 18.1 Å². The summed E-state index contributed by atoms with van der Waals surface area (Å²) in [6.07, 6.45) is 1.31. The van der Waals surface area contributed by atoms with Crippen LogP contribution in [-0.2, 0) is 29.1 Å². The lowest BCUT2D eigenvalue weighted by atomic mass is 10.1. The Kier molecular flexibility index (Phi) is 6.44. The Morgan fingerprint density at radius 2 is 2.14 bits per heavy atom. The van der Waals surface area contributed by atoms with Crippen molar-refractivity contribution < 1.29 is 17.9 Å². The monoisotopic (exact) mass is 423 g/mol. The van der Waals surface area contributed by atoms with E-state index >= 15 is 0 Å². The van der Waals surface area contributed by atoms with Crippen molar-refractivity contribution in [1.82, 2.24) is 14.8 Å². The molecule has 1 aromatic carbocycles. The molecule has 0 unspecified atom stereocenters. The molecule has 1 aliphatic heterocycles. The lowest BCUT2D eigenvalue weighted by molar-refractivity contribution is 0.101. The summed E-state index contributed by atoms with van der Waals surface area (Å²) in [5.41, 5.74) is 1.59. The maximum atomic E-state index is 11.7. The smallest absolute Gasteiger partial charge is 0.191 e. The van der Waals surface area contributed by atoms with Crippen molar-refractivity contribution in [1.29, 1.82) is 0 Å². The van der Waals surface area contributed by atoms with Crippen LogP contribution < -0.4 is 4.74 Å². The third-order valence-electron chi connectivity index (χ3n) is 4.85. The maximum absolute atomic E-state index is 11.7. The van der Waals surface area contributed by atoms with E-state index in [1.54, 1.807) is 13.0 Å². The summed E-state index contributed by atoms with van der Waals surface area (Å²) in [5.74, 6) is 2.79. The van der Waals surface area contributed by atoms with Crippen LogP contribution in [0.15, 0.2) is 23.4 Å². The minimum atomic E-state index is -2.89. The normalized spacial score (nSPS) is 18.3. The van der Waals surface area contributed by atoms with Crippen LogP contribution in [0.3, 0.4) is 0 Å². The van der Waals surface area contributed by atoms with Gasteiger partial charge in [-0.3, -0.25) is 4.79 Å². The molecule has 0 saturated carbocycles. The van der Waals surface area contributed by atoms with Crippen molar-refractivity contribution in [2.24, 2.45) is 13.0 Å². The van der Waals surface area contributed by atoms with E-state index in [4.69, 9.17) is 4.74 Å². The Bertz CT molecular complexity index is 970. The van der Waals surface area contributed by atoms with E-state index in [-0.39, 0.29) is 23.2 Å². The molecular weight excluding hydrogens is 398 g/mol. The number of ether oxygens (including phenoxy) is 1. The Labute approximate surface area is 169 Å². The Morgan fingerprint density at radius 3 is 2.79 bits per heavy atom. The zero-order valence-electron chi connectivity index (χ0n) is 16.3. The van der Waals surface area contributed by atoms with Crippen molar-refractivity contribution in [3.8, 4) is 5.75 Å². The van der Waals surface area contributed by atoms with E-state index in [0.717, 1.165) is 22.3 Å². The summed E-state index contributed by atoms with van der Waals surface area (Å²) in [5, 5.41) is 9.27. The van der Waals surface area contributed by atoms with Gasteiger partial charge >= 0.3 is 0 Å². The molecule has 152 valence electrons. The van der Waals surface area contributed by atoms with Crippen molar-refractivity contribution in [3.05, 3.63) is 35.2 Å². The van der Waals surface area contributed by atoms with Crippen LogP contribution in [0.5, 0.6) is 5.75 Å². The first-order valence-corrected chi connectivity index (χ1v) is 12.1. The lowest BCUT2D eigenvalue weighted by Crippen LogP contribution is -2.11. The number of carbonyl (C=O) groups is 1. The van der Waals surface area contributed by atoms with Crippen LogP contribution in [0.25, 0.3) is 0 Å². The fourth-order valence-corrected chi connectivity index (χ4v) is 6.06. The summed E-state index contributed by atoms with van der Waals surface area (Å²) >= 11 is 1.52. The molecule has 3 rings (SSSR count). The molecule has 0 radical (unpaired) electrons. The number of rotatable bonds is 8. The number of nitrogens with zero attached hydrogens (tertiary/aromatic N) is 3. The summed E-state index contributed by atoms with van der Waals surface area (Å²) in [7, 11) is -0.994. The number of thioether (sulfide) groups is 1. The summed E-state index contributed by atoms with van der Waals surface area (Å²) in [4.78, 5) is 11.7. The topological polar surface area (TPSA) is 91.2 Å². The first kappa shape index (κ1) is 20.9. The number of ketones is 1.